The fourth-order valence-electron chi connectivity index (χ4n) is 3.39. The van der Waals surface area contributed by atoms with Gasteiger partial charge in [-0.05, 0) is 48.5 Å². The number of hydrogen-bond acceptors (Lipinski definition) is 6. The van der Waals surface area contributed by atoms with Gasteiger partial charge in [-0.1, -0.05) is 18.2 Å². The lowest BCUT2D eigenvalue weighted by molar-refractivity contribution is -0.383. The van der Waals surface area contributed by atoms with Crippen LogP contribution in [-0.2, 0) is 4.74 Å². The molecule has 158 valence electrons. The maximum absolute atomic E-state index is 12.7. The van der Waals surface area contributed by atoms with Crippen LogP contribution in [0.1, 0.15) is 10.4 Å². The Balaban J connectivity index is 1.47. The second-order valence-corrected chi connectivity index (χ2v) is 7.08. The summed E-state index contributed by atoms with van der Waals surface area (Å²) < 4.78 is 5.36. The van der Waals surface area contributed by atoms with Crippen molar-refractivity contribution in [2.75, 3.05) is 41.8 Å². The highest BCUT2D eigenvalue weighted by atomic mass is 16.6. The summed E-state index contributed by atoms with van der Waals surface area (Å²) in [6, 6.07) is 21.1. The van der Waals surface area contributed by atoms with E-state index in [0.717, 1.165) is 24.5 Å². The van der Waals surface area contributed by atoms with Gasteiger partial charge < -0.3 is 20.3 Å². The van der Waals surface area contributed by atoms with E-state index in [9.17, 15) is 14.9 Å². The molecule has 8 heteroatoms. The number of carbonyl (C=O) groups is 1. The summed E-state index contributed by atoms with van der Waals surface area (Å²) in [5.41, 5.74) is 2.77. The van der Waals surface area contributed by atoms with Gasteiger partial charge in [0.2, 0.25) is 0 Å². The third kappa shape index (κ3) is 4.99. The van der Waals surface area contributed by atoms with Crippen molar-refractivity contribution in [2.24, 2.45) is 0 Å². The molecule has 1 saturated heterocycles. The van der Waals surface area contributed by atoms with Gasteiger partial charge in [-0.25, -0.2) is 0 Å². The van der Waals surface area contributed by atoms with Crippen molar-refractivity contribution in [1.82, 2.24) is 0 Å². The first-order valence-electron chi connectivity index (χ1n) is 9.95. The van der Waals surface area contributed by atoms with Gasteiger partial charge >= 0.3 is 0 Å². The monoisotopic (exact) mass is 418 g/mol. The van der Waals surface area contributed by atoms with E-state index in [1.54, 1.807) is 12.1 Å². The van der Waals surface area contributed by atoms with Gasteiger partial charge in [-0.3, -0.25) is 14.9 Å². The number of rotatable bonds is 6. The third-order valence-electron chi connectivity index (χ3n) is 5.01. The lowest BCUT2D eigenvalue weighted by Gasteiger charge is -2.28. The second-order valence-electron chi connectivity index (χ2n) is 7.08. The van der Waals surface area contributed by atoms with Crippen LogP contribution in [0.15, 0.2) is 72.8 Å². The summed E-state index contributed by atoms with van der Waals surface area (Å²) in [6.07, 6.45) is 0. The molecule has 1 heterocycles. The van der Waals surface area contributed by atoms with E-state index >= 15 is 0 Å². The van der Waals surface area contributed by atoms with Crippen LogP contribution in [0.25, 0.3) is 0 Å². The molecule has 1 fully saturated rings. The van der Waals surface area contributed by atoms with Crippen LogP contribution in [0.3, 0.4) is 0 Å². The highest BCUT2D eigenvalue weighted by Gasteiger charge is 2.18. The van der Waals surface area contributed by atoms with Gasteiger partial charge in [0.15, 0.2) is 0 Å². The Morgan fingerprint density at radius 2 is 1.65 bits per heavy atom. The predicted octanol–water partition coefficient (Wildman–Crippen LogP) is 4.43. The zero-order valence-corrected chi connectivity index (χ0v) is 16.8. The lowest BCUT2D eigenvalue weighted by atomic mass is 10.1. The number of nitrogens with zero attached hydrogens (tertiary/aromatic N) is 2. The van der Waals surface area contributed by atoms with E-state index in [1.807, 2.05) is 54.6 Å². The topological polar surface area (TPSA) is 96.7 Å². The van der Waals surface area contributed by atoms with Crippen LogP contribution in [0.5, 0.6) is 0 Å². The Labute approximate surface area is 179 Å². The van der Waals surface area contributed by atoms with E-state index in [0.29, 0.717) is 24.6 Å². The van der Waals surface area contributed by atoms with Crippen LogP contribution in [0.4, 0.5) is 28.4 Å². The van der Waals surface area contributed by atoms with Crippen molar-refractivity contribution >= 4 is 34.3 Å². The van der Waals surface area contributed by atoms with Gasteiger partial charge in [0.1, 0.15) is 5.69 Å². The molecular formula is C23H22N4O4. The number of amides is 1. The molecule has 0 aliphatic carbocycles. The molecule has 0 unspecified atom stereocenters. The zero-order chi connectivity index (χ0) is 21.6. The number of morpholine rings is 1. The number of hydrogen-bond donors (Lipinski definition) is 2. The summed E-state index contributed by atoms with van der Waals surface area (Å²) >= 11 is 0. The number of nitrogens with one attached hydrogen (secondary N) is 2. The number of carbonyl (C=O) groups excluding carboxylic acids is 1. The lowest BCUT2D eigenvalue weighted by Crippen LogP contribution is -2.36. The highest BCUT2D eigenvalue weighted by molar-refractivity contribution is 6.05. The van der Waals surface area contributed by atoms with Gasteiger partial charge in [-0.15, -0.1) is 0 Å². The first kappa shape index (κ1) is 20.4. The minimum Gasteiger partial charge on any atom is -0.378 e. The Morgan fingerprint density at radius 1 is 0.935 bits per heavy atom. The van der Waals surface area contributed by atoms with Crippen molar-refractivity contribution in [3.8, 4) is 0 Å². The molecule has 0 aromatic heterocycles. The zero-order valence-electron chi connectivity index (χ0n) is 16.8. The molecular weight excluding hydrogens is 396 g/mol. The smallest absolute Gasteiger partial charge is 0.293 e. The average molecular weight is 418 g/mol. The Hall–Kier alpha value is -3.91. The largest absolute Gasteiger partial charge is 0.378 e. The summed E-state index contributed by atoms with van der Waals surface area (Å²) in [5.74, 6) is -0.409. The molecule has 1 aliphatic rings. The van der Waals surface area contributed by atoms with E-state index < -0.39 is 10.8 Å². The van der Waals surface area contributed by atoms with Crippen molar-refractivity contribution in [3.63, 3.8) is 0 Å². The molecule has 0 bridgehead atoms. The van der Waals surface area contributed by atoms with Crippen molar-refractivity contribution < 1.29 is 14.5 Å². The summed E-state index contributed by atoms with van der Waals surface area (Å²) in [4.78, 5) is 25.9. The van der Waals surface area contributed by atoms with Crippen LogP contribution >= 0.6 is 0 Å². The average Bonchev–Trinajstić information content (AvgIpc) is 2.81. The maximum atomic E-state index is 12.7. The molecule has 0 atom stereocenters. The molecule has 0 saturated carbocycles. The molecule has 0 radical (unpaired) electrons. The summed E-state index contributed by atoms with van der Waals surface area (Å²) in [7, 11) is 0. The van der Waals surface area contributed by atoms with Crippen molar-refractivity contribution in [3.05, 3.63) is 88.5 Å². The molecule has 8 nitrogen and oxygen atoms in total. The Kier molecular flexibility index (Phi) is 6.09. The van der Waals surface area contributed by atoms with Gasteiger partial charge in [-0.2, -0.15) is 0 Å². The third-order valence-corrected chi connectivity index (χ3v) is 5.01. The number of nitro groups is 1. The standard InChI is InChI=1S/C23H22N4O4/c28-23(25-19-7-9-20(10-8-19)26-12-14-31-15-13-26)17-6-11-21(22(16-17)27(29)30)24-18-4-2-1-3-5-18/h1-11,16,24H,12-15H2,(H,25,28). The number of para-hydroxylation sites is 1. The minimum atomic E-state index is -0.501. The number of anilines is 4. The predicted molar refractivity (Wildman–Crippen MR) is 120 cm³/mol. The number of benzene rings is 3. The fraction of sp³-hybridized carbons (Fsp3) is 0.174. The van der Waals surface area contributed by atoms with E-state index in [1.165, 1.54) is 6.07 Å². The molecule has 0 spiro atoms. The molecule has 1 amide bonds. The molecule has 4 rings (SSSR count). The van der Waals surface area contributed by atoms with Gasteiger partial charge in [0, 0.05) is 41.8 Å². The van der Waals surface area contributed by atoms with Crippen LogP contribution in [0.2, 0.25) is 0 Å². The van der Waals surface area contributed by atoms with Gasteiger partial charge in [0.25, 0.3) is 11.6 Å². The van der Waals surface area contributed by atoms with Crippen molar-refractivity contribution in [1.29, 1.82) is 0 Å². The second kappa shape index (κ2) is 9.27. The van der Waals surface area contributed by atoms with E-state index in [-0.39, 0.29) is 11.3 Å². The fourth-order valence-corrected chi connectivity index (χ4v) is 3.39. The molecule has 3 aromatic carbocycles. The van der Waals surface area contributed by atoms with Crippen LogP contribution in [0, 0.1) is 10.1 Å². The Morgan fingerprint density at radius 3 is 2.32 bits per heavy atom. The molecule has 3 aromatic rings. The summed E-state index contributed by atoms with van der Waals surface area (Å²) in [6.45, 7) is 3.07. The first-order valence-corrected chi connectivity index (χ1v) is 9.95. The molecule has 31 heavy (non-hydrogen) atoms. The number of nitro benzene ring substituents is 1. The van der Waals surface area contributed by atoms with Gasteiger partial charge in [0.05, 0.1) is 18.1 Å². The first-order chi connectivity index (χ1) is 15.1. The van der Waals surface area contributed by atoms with E-state index in [4.69, 9.17) is 4.74 Å². The van der Waals surface area contributed by atoms with E-state index in [2.05, 4.69) is 15.5 Å². The highest BCUT2D eigenvalue weighted by Crippen LogP contribution is 2.29. The normalized spacial score (nSPS) is 13.5. The molecule has 2 N–H and O–H groups in total. The maximum Gasteiger partial charge on any atom is 0.293 e. The van der Waals surface area contributed by atoms with Crippen LogP contribution < -0.4 is 15.5 Å². The SMILES string of the molecule is O=C(Nc1ccc(N2CCOCC2)cc1)c1ccc(Nc2ccccc2)c([N+](=O)[O-])c1. The van der Waals surface area contributed by atoms with Crippen molar-refractivity contribution in [2.45, 2.75) is 0 Å². The quantitative estimate of drug-likeness (QED) is 0.454. The number of ether oxygens (including phenoxy) is 1. The Bertz CT molecular complexity index is 1060. The minimum absolute atomic E-state index is 0.167. The van der Waals surface area contributed by atoms with Crippen LogP contribution in [-0.4, -0.2) is 37.1 Å². The summed E-state index contributed by atoms with van der Waals surface area (Å²) in [5, 5.41) is 17.4. The molecule has 1 aliphatic heterocycles.